The molecule has 2 nitrogen and oxygen atoms in total. The summed E-state index contributed by atoms with van der Waals surface area (Å²) in [5.41, 5.74) is 0. The highest BCUT2D eigenvalue weighted by molar-refractivity contribution is 5.81. The van der Waals surface area contributed by atoms with Gasteiger partial charge in [-0.3, -0.25) is 4.99 Å². The van der Waals surface area contributed by atoms with Gasteiger partial charge in [-0.1, -0.05) is 6.92 Å². The maximum Gasteiger partial charge on any atom is 0.0956 e. The van der Waals surface area contributed by atoms with Crippen molar-refractivity contribution < 1.29 is 0 Å². The topological polar surface area (TPSA) is 24.4 Å². The Labute approximate surface area is 51.0 Å². The molecule has 0 aromatic heterocycles. The fourth-order valence-corrected chi connectivity index (χ4v) is 0.566. The van der Waals surface area contributed by atoms with Gasteiger partial charge in [-0.2, -0.15) is 0 Å². The van der Waals surface area contributed by atoms with E-state index in [0.717, 1.165) is 18.8 Å². The summed E-state index contributed by atoms with van der Waals surface area (Å²) in [4.78, 5) is 4.00. The molecule has 0 bridgehead atoms. The molecule has 0 rings (SSSR count). The predicted molar refractivity (Wildman–Crippen MR) is 37.3 cm³/mol. The third-order valence-electron chi connectivity index (χ3n) is 0.986. The molecule has 0 aliphatic heterocycles. The van der Waals surface area contributed by atoms with Crippen LogP contribution in [0.5, 0.6) is 0 Å². The quantitative estimate of drug-likeness (QED) is 0.421. The van der Waals surface area contributed by atoms with Crippen molar-refractivity contribution in [2.45, 2.75) is 20.3 Å². The Morgan fingerprint density at radius 2 is 2.12 bits per heavy atom. The van der Waals surface area contributed by atoms with E-state index in [1.165, 1.54) is 0 Å². The number of amidine groups is 1. The van der Waals surface area contributed by atoms with Gasteiger partial charge < -0.3 is 5.32 Å². The van der Waals surface area contributed by atoms with Crippen molar-refractivity contribution in [1.82, 2.24) is 5.32 Å². The molecular weight excluding hydrogens is 100 g/mol. The average Bonchev–Trinajstić information content (AvgIpc) is 1.83. The first kappa shape index (κ1) is 7.47. The first-order valence-electron chi connectivity index (χ1n) is 3.04. The van der Waals surface area contributed by atoms with Crippen LogP contribution in [0.25, 0.3) is 0 Å². The number of rotatable bonds is 2. The molecule has 0 radical (unpaired) electrons. The smallest absolute Gasteiger partial charge is 0.0956 e. The van der Waals surface area contributed by atoms with Crippen LogP contribution in [0, 0.1) is 0 Å². The molecule has 0 atom stereocenters. The SMILES string of the molecule is CCN/C(CC)=N/C. The van der Waals surface area contributed by atoms with Crippen molar-refractivity contribution in [2.75, 3.05) is 13.6 Å². The lowest BCUT2D eigenvalue weighted by atomic mass is 10.4. The van der Waals surface area contributed by atoms with Crippen LogP contribution in [-0.4, -0.2) is 19.4 Å². The third kappa shape index (κ3) is 2.61. The van der Waals surface area contributed by atoms with Crippen molar-refractivity contribution in [1.29, 1.82) is 0 Å². The molecule has 0 unspecified atom stereocenters. The Kier molecular flexibility index (Phi) is 4.32. The van der Waals surface area contributed by atoms with E-state index in [1.807, 2.05) is 7.05 Å². The minimum absolute atomic E-state index is 0.973. The van der Waals surface area contributed by atoms with Crippen LogP contribution in [0.15, 0.2) is 4.99 Å². The summed E-state index contributed by atoms with van der Waals surface area (Å²) in [6.07, 6.45) is 1.00. The van der Waals surface area contributed by atoms with E-state index < -0.39 is 0 Å². The Hall–Kier alpha value is -0.530. The number of nitrogens with one attached hydrogen (secondary N) is 1. The summed E-state index contributed by atoms with van der Waals surface area (Å²) >= 11 is 0. The first-order valence-corrected chi connectivity index (χ1v) is 3.04. The molecule has 1 N–H and O–H groups in total. The Morgan fingerprint density at radius 3 is 2.25 bits per heavy atom. The van der Waals surface area contributed by atoms with Gasteiger partial charge in [-0.05, 0) is 6.92 Å². The minimum Gasteiger partial charge on any atom is -0.374 e. The molecular formula is C6H14N2. The molecule has 2 heteroatoms. The fourth-order valence-electron chi connectivity index (χ4n) is 0.566. The normalized spacial score (nSPS) is 11.6. The lowest BCUT2D eigenvalue weighted by Crippen LogP contribution is -2.21. The molecule has 0 heterocycles. The van der Waals surface area contributed by atoms with E-state index in [2.05, 4.69) is 24.2 Å². The van der Waals surface area contributed by atoms with E-state index in [0.29, 0.717) is 0 Å². The zero-order valence-corrected chi connectivity index (χ0v) is 5.86. The summed E-state index contributed by atoms with van der Waals surface area (Å²) in [6.45, 7) is 5.13. The molecule has 0 spiro atoms. The molecule has 0 saturated heterocycles. The Balaban J connectivity index is 3.38. The van der Waals surface area contributed by atoms with E-state index in [1.54, 1.807) is 0 Å². The van der Waals surface area contributed by atoms with Crippen molar-refractivity contribution in [2.24, 2.45) is 4.99 Å². The predicted octanol–water partition coefficient (Wildman–Crippen LogP) is 1.03. The highest BCUT2D eigenvalue weighted by Gasteiger charge is 1.85. The number of hydrogen-bond donors (Lipinski definition) is 1. The number of aliphatic imine (C=N–C) groups is 1. The Morgan fingerprint density at radius 1 is 1.50 bits per heavy atom. The zero-order chi connectivity index (χ0) is 6.41. The van der Waals surface area contributed by atoms with Gasteiger partial charge in [0.25, 0.3) is 0 Å². The second-order valence-electron chi connectivity index (χ2n) is 1.55. The minimum atomic E-state index is 0.973. The van der Waals surface area contributed by atoms with Gasteiger partial charge in [-0.15, -0.1) is 0 Å². The van der Waals surface area contributed by atoms with Crippen LogP contribution in [0.4, 0.5) is 0 Å². The molecule has 0 aliphatic rings. The van der Waals surface area contributed by atoms with E-state index in [9.17, 15) is 0 Å². The van der Waals surface area contributed by atoms with Gasteiger partial charge in [0.15, 0.2) is 0 Å². The lowest BCUT2D eigenvalue weighted by molar-refractivity contribution is 0.930. The van der Waals surface area contributed by atoms with E-state index >= 15 is 0 Å². The highest BCUT2D eigenvalue weighted by Crippen LogP contribution is 1.77. The largest absolute Gasteiger partial charge is 0.374 e. The molecule has 0 aliphatic carbocycles. The highest BCUT2D eigenvalue weighted by atomic mass is 15.0. The zero-order valence-electron chi connectivity index (χ0n) is 5.86. The van der Waals surface area contributed by atoms with Crippen LogP contribution in [0.1, 0.15) is 20.3 Å². The molecule has 0 aromatic rings. The van der Waals surface area contributed by atoms with Crippen LogP contribution >= 0.6 is 0 Å². The summed E-state index contributed by atoms with van der Waals surface area (Å²) in [5, 5.41) is 3.13. The summed E-state index contributed by atoms with van der Waals surface area (Å²) in [6, 6.07) is 0. The monoisotopic (exact) mass is 114 g/mol. The Bertz CT molecular complexity index is 76.6. The van der Waals surface area contributed by atoms with Gasteiger partial charge in [-0.25, -0.2) is 0 Å². The van der Waals surface area contributed by atoms with Crippen LogP contribution < -0.4 is 5.32 Å². The van der Waals surface area contributed by atoms with Crippen LogP contribution in [-0.2, 0) is 0 Å². The number of hydrogen-bond acceptors (Lipinski definition) is 1. The summed E-state index contributed by atoms with van der Waals surface area (Å²) in [7, 11) is 1.81. The van der Waals surface area contributed by atoms with Crippen LogP contribution in [0.3, 0.4) is 0 Å². The molecule has 0 amide bonds. The molecule has 48 valence electrons. The standard InChI is InChI=1S/C6H14N2/c1-4-6(7-3)8-5-2/h4-5H2,1-3H3,(H,7,8). The molecule has 8 heavy (non-hydrogen) atoms. The fraction of sp³-hybridized carbons (Fsp3) is 0.833. The molecule has 0 fully saturated rings. The summed E-state index contributed by atoms with van der Waals surface area (Å²) < 4.78 is 0. The van der Waals surface area contributed by atoms with Crippen molar-refractivity contribution in [3.05, 3.63) is 0 Å². The molecule has 0 saturated carbocycles. The van der Waals surface area contributed by atoms with E-state index in [-0.39, 0.29) is 0 Å². The lowest BCUT2D eigenvalue weighted by Gasteiger charge is -2.01. The van der Waals surface area contributed by atoms with Crippen molar-refractivity contribution >= 4 is 5.84 Å². The van der Waals surface area contributed by atoms with Crippen molar-refractivity contribution in [3.63, 3.8) is 0 Å². The maximum absolute atomic E-state index is 4.00. The van der Waals surface area contributed by atoms with E-state index in [4.69, 9.17) is 0 Å². The van der Waals surface area contributed by atoms with Gasteiger partial charge >= 0.3 is 0 Å². The second kappa shape index (κ2) is 4.62. The maximum atomic E-state index is 4.00. The van der Waals surface area contributed by atoms with Gasteiger partial charge in [0.1, 0.15) is 0 Å². The van der Waals surface area contributed by atoms with Gasteiger partial charge in [0.05, 0.1) is 5.84 Å². The van der Waals surface area contributed by atoms with Gasteiger partial charge in [0.2, 0.25) is 0 Å². The third-order valence-corrected chi connectivity index (χ3v) is 0.986. The van der Waals surface area contributed by atoms with Crippen LogP contribution in [0.2, 0.25) is 0 Å². The van der Waals surface area contributed by atoms with Gasteiger partial charge in [0, 0.05) is 20.0 Å². The summed E-state index contributed by atoms with van der Waals surface area (Å²) in [5.74, 6) is 1.09. The second-order valence-corrected chi connectivity index (χ2v) is 1.55. The first-order chi connectivity index (χ1) is 3.85. The molecule has 0 aromatic carbocycles. The average molecular weight is 114 g/mol. The van der Waals surface area contributed by atoms with Crippen molar-refractivity contribution in [3.8, 4) is 0 Å². The number of nitrogens with zero attached hydrogens (tertiary/aromatic N) is 1.